The van der Waals surface area contributed by atoms with Gasteiger partial charge in [0.1, 0.15) is 18.5 Å². The molecule has 0 spiro atoms. The summed E-state index contributed by atoms with van der Waals surface area (Å²) in [7, 11) is 0. The molecule has 0 radical (unpaired) electrons. The van der Waals surface area contributed by atoms with Gasteiger partial charge >= 0.3 is 0 Å². The van der Waals surface area contributed by atoms with Crippen LogP contribution in [-0.4, -0.2) is 6.61 Å². The van der Waals surface area contributed by atoms with Gasteiger partial charge in [0.25, 0.3) is 0 Å². The molecule has 0 aliphatic heterocycles. The second-order valence-electron chi connectivity index (χ2n) is 2.34. The molecule has 0 aliphatic rings. The van der Waals surface area contributed by atoms with Gasteiger partial charge in [0, 0.05) is 6.42 Å². The lowest BCUT2D eigenvalue weighted by Crippen LogP contribution is -1.93. The molecular weight excluding hydrogens is 155 g/mol. The van der Waals surface area contributed by atoms with Crippen LogP contribution in [0.5, 0.6) is 0 Å². The molecule has 0 atom stereocenters. The Labute approximate surface area is 71.2 Å². The molecule has 0 saturated carbocycles. The summed E-state index contributed by atoms with van der Waals surface area (Å²) >= 11 is 0. The molecule has 0 bridgehead atoms. The molecule has 1 nitrogen and oxygen atoms in total. The third-order valence-electron chi connectivity index (χ3n) is 1.49. The van der Waals surface area contributed by atoms with Crippen LogP contribution in [0.25, 0.3) is 0 Å². The van der Waals surface area contributed by atoms with E-state index in [1.54, 1.807) is 12.1 Å². The van der Waals surface area contributed by atoms with Crippen LogP contribution < -0.4 is 0 Å². The lowest BCUT2D eigenvalue weighted by Gasteiger charge is -1.98. The minimum absolute atomic E-state index is 0.225. The molecule has 0 saturated heterocycles. The highest BCUT2D eigenvalue weighted by molar-refractivity contribution is 5.16. The van der Waals surface area contributed by atoms with Crippen LogP contribution in [0.1, 0.15) is 5.56 Å². The Balaban J connectivity index is 2.43. The predicted octanol–water partition coefficient (Wildman–Crippen LogP) is 1.98. The Morgan fingerprint density at radius 3 is 2.58 bits per heavy atom. The first-order valence-electron chi connectivity index (χ1n) is 3.65. The van der Waals surface area contributed by atoms with E-state index in [0.29, 0.717) is 13.0 Å². The van der Waals surface area contributed by atoms with Crippen molar-refractivity contribution in [1.29, 1.82) is 0 Å². The van der Waals surface area contributed by atoms with E-state index >= 15 is 0 Å². The fourth-order valence-electron chi connectivity index (χ4n) is 0.879. The van der Waals surface area contributed by atoms with Gasteiger partial charge in [0.15, 0.2) is 0 Å². The molecule has 0 N–H and O–H groups in total. The normalized spacial score (nSPS) is 9.00. The first kappa shape index (κ1) is 8.61. The standard InChI is InChI=1S/C10H9FO/c1-2-12-8-7-9-3-5-10(11)6-4-9/h1,3-6H,7-8H2. The molecule has 0 heterocycles. The number of ether oxygens (including phenoxy) is 1. The van der Waals surface area contributed by atoms with Crippen LogP contribution in [0.2, 0.25) is 0 Å². The van der Waals surface area contributed by atoms with Crippen molar-refractivity contribution in [1.82, 2.24) is 0 Å². The van der Waals surface area contributed by atoms with Crippen molar-refractivity contribution in [2.24, 2.45) is 0 Å². The molecular formula is C10H9FO. The Kier molecular flexibility index (Phi) is 3.16. The van der Waals surface area contributed by atoms with Crippen LogP contribution in [0, 0.1) is 18.3 Å². The van der Waals surface area contributed by atoms with Gasteiger partial charge in [-0.15, -0.1) is 0 Å². The molecule has 0 aromatic heterocycles. The van der Waals surface area contributed by atoms with Gasteiger partial charge in [-0.05, 0) is 17.7 Å². The molecule has 1 aromatic carbocycles. The highest BCUT2D eigenvalue weighted by Crippen LogP contribution is 2.03. The fraction of sp³-hybridized carbons (Fsp3) is 0.200. The number of benzene rings is 1. The van der Waals surface area contributed by atoms with E-state index in [4.69, 9.17) is 11.2 Å². The quantitative estimate of drug-likeness (QED) is 0.490. The van der Waals surface area contributed by atoms with Gasteiger partial charge in [-0.1, -0.05) is 18.6 Å². The number of hydrogen-bond donors (Lipinski definition) is 0. The summed E-state index contributed by atoms with van der Waals surface area (Å²) in [5, 5.41) is 0. The third kappa shape index (κ3) is 2.63. The maximum Gasteiger partial charge on any atom is 0.123 e. The fourth-order valence-corrected chi connectivity index (χ4v) is 0.879. The molecule has 62 valence electrons. The summed E-state index contributed by atoms with van der Waals surface area (Å²) in [6, 6.07) is 6.28. The van der Waals surface area contributed by atoms with E-state index < -0.39 is 0 Å². The van der Waals surface area contributed by atoms with Crippen molar-refractivity contribution >= 4 is 0 Å². The average Bonchev–Trinajstić information content (AvgIpc) is 2.09. The zero-order valence-corrected chi connectivity index (χ0v) is 6.59. The Hall–Kier alpha value is -1.49. The first-order chi connectivity index (χ1) is 5.83. The molecule has 1 aromatic rings. The summed E-state index contributed by atoms with van der Waals surface area (Å²) in [6.45, 7) is 0.474. The van der Waals surface area contributed by atoms with Gasteiger partial charge in [-0.25, -0.2) is 4.39 Å². The summed E-state index contributed by atoms with van der Waals surface area (Å²) in [5.74, 6) is -0.225. The molecule has 1 rings (SSSR count). The van der Waals surface area contributed by atoms with E-state index in [-0.39, 0.29) is 5.82 Å². The van der Waals surface area contributed by atoms with Gasteiger partial charge in [0.05, 0.1) is 0 Å². The summed E-state index contributed by atoms with van der Waals surface area (Å²) in [4.78, 5) is 0. The molecule has 12 heavy (non-hydrogen) atoms. The monoisotopic (exact) mass is 164 g/mol. The van der Waals surface area contributed by atoms with E-state index in [1.165, 1.54) is 12.1 Å². The second kappa shape index (κ2) is 4.40. The zero-order valence-electron chi connectivity index (χ0n) is 6.59. The molecule has 0 aliphatic carbocycles. The van der Waals surface area contributed by atoms with Crippen LogP contribution in [0.15, 0.2) is 24.3 Å². The Morgan fingerprint density at radius 1 is 1.33 bits per heavy atom. The van der Waals surface area contributed by atoms with Crippen LogP contribution in [0.3, 0.4) is 0 Å². The van der Waals surface area contributed by atoms with E-state index in [0.717, 1.165) is 5.56 Å². The topological polar surface area (TPSA) is 9.23 Å². The highest BCUT2D eigenvalue weighted by atomic mass is 19.1. The van der Waals surface area contributed by atoms with Crippen molar-refractivity contribution < 1.29 is 9.13 Å². The number of halogens is 1. The SMILES string of the molecule is C#COCCc1ccc(F)cc1. The first-order valence-corrected chi connectivity index (χ1v) is 3.65. The van der Waals surface area contributed by atoms with E-state index in [2.05, 4.69) is 6.11 Å². The summed E-state index contributed by atoms with van der Waals surface area (Å²) in [5.41, 5.74) is 1.02. The molecule has 2 heteroatoms. The smallest absolute Gasteiger partial charge is 0.123 e. The molecule has 0 amide bonds. The lowest BCUT2D eigenvalue weighted by molar-refractivity contribution is 0.282. The van der Waals surface area contributed by atoms with E-state index in [1.807, 2.05) is 0 Å². The number of hydrogen-bond acceptors (Lipinski definition) is 1. The summed E-state index contributed by atoms with van der Waals surface area (Å²) < 4.78 is 17.1. The van der Waals surface area contributed by atoms with Gasteiger partial charge in [-0.2, -0.15) is 0 Å². The van der Waals surface area contributed by atoms with Crippen molar-refractivity contribution in [3.8, 4) is 12.5 Å². The van der Waals surface area contributed by atoms with Crippen molar-refractivity contribution in [3.63, 3.8) is 0 Å². The minimum atomic E-state index is -0.225. The number of rotatable bonds is 3. The van der Waals surface area contributed by atoms with E-state index in [9.17, 15) is 4.39 Å². The van der Waals surface area contributed by atoms with Crippen molar-refractivity contribution in [2.45, 2.75) is 6.42 Å². The third-order valence-corrected chi connectivity index (χ3v) is 1.49. The Bertz CT molecular complexity index is 271. The van der Waals surface area contributed by atoms with Gasteiger partial charge in [0.2, 0.25) is 0 Å². The number of terminal acetylenes is 1. The van der Waals surface area contributed by atoms with Crippen LogP contribution >= 0.6 is 0 Å². The van der Waals surface area contributed by atoms with Gasteiger partial charge in [-0.3, -0.25) is 0 Å². The summed E-state index contributed by atoms with van der Waals surface area (Å²) in [6.07, 6.45) is 7.67. The molecule has 0 fully saturated rings. The van der Waals surface area contributed by atoms with Crippen molar-refractivity contribution in [2.75, 3.05) is 6.61 Å². The Morgan fingerprint density at radius 2 is 2.00 bits per heavy atom. The average molecular weight is 164 g/mol. The minimum Gasteiger partial charge on any atom is -0.446 e. The largest absolute Gasteiger partial charge is 0.446 e. The maximum absolute atomic E-state index is 12.4. The maximum atomic E-state index is 12.4. The predicted molar refractivity (Wildman–Crippen MR) is 44.9 cm³/mol. The molecule has 0 unspecified atom stereocenters. The van der Waals surface area contributed by atoms with Gasteiger partial charge < -0.3 is 4.74 Å². The van der Waals surface area contributed by atoms with Crippen LogP contribution in [-0.2, 0) is 11.2 Å². The van der Waals surface area contributed by atoms with Crippen LogP contribution in [0.4, 0.5) is 4.39 Å². The van der Waals surface area contributed by atoms with Crippen molar-refractivity contribution in [3.05, 3.63) is 35.6 Å². The second-order valence-corrected chi connectivity index (χ2v) is 2.34. The lowest BCUT2D eigenvalue weighted by atomic mass is 10.2. The highest BCUT2D eigenvalue weighted by Gasteiger charge is 1.92. The zero-order chi connectivity index (χ0) is 8.81.